The average Bonchev–Trinajstić information content (AvgIpc) is 2.90. The van der Waals surface area contributed by atoms with Crippen LogP contribution in [0.5, 0.6) is 0 Å². The van der Waals surface area contributed by atoms with Gasteiger partial charge in [-0.2, -0.15) is 0 Å². The predicted octanol–water partition coefficient (Wildman–Crippen LogP) is 2.86. The minimum absolute atomic E-state index is 0.0765. The van der Waals surface area contributed by atoms with Crippen LogP contribution < -0.4 is 0 Å². The molecule has 0 bridgehead atoms. The van der Waals surface area contributed by atoms with Crippen molar-refractivity contribution in [2.24, 2.45) is 0 Å². The van der Waals surface area contributed by atoms with E-state index in [-0.39, 0.29) is 5.69 Å². The Bertz CT molecular complexity index is 1000. The summed E-state index contributed by atoms with van der Waals surface area (Å²) in [5.41, 5.74) is 6.69. The Morgan fingerprint density at radius 2 is 1.92 bits per heavy atom. The van der Waals surface area contributed by atoms with Gasteiger partial charge >= 0.3 is 5.97 Å². The molecule has 0 saturated carbocycles. The summed E-state index contributed by atoms with van der Waals surface area (Å²) in [7, 11) is 0. The number of nitrogens with zero attached hydrogens (tertiary/aromatic N) is 4. The number of rotatable bonds is 1. The van der Waals surface area contributed by atoms with Crippen molar-refractivity contribution in [1.82, 2.24) is 19.5 Å². The molecule has 120 valence electrons. The molecule has 1 N–H and O–H groups in total. The van der Waals surface area contributed by atoms with Crippen molar-refractivity contribution in [3.8, 4) is 16.9 Å². The Morgan fingerprint density at radius 3 is 2.67 bits per heavy atom. The van der Waals surface area contributed by atoms with Crippen LogP contribution in [0.1, 0.15) is 38.7 Å². The number of imidazole rings is 1. The molecule has 1 aromatic carbocycles. The van der Waals surface area contributed by atoms with Gasteiger partial charge in [0.05, 0.1) is 17.1 Å². The molecule has 2 aromatic heterocycles. The number of aromatic carboxylic acids is 1. The van der Waals surface area contributed by atoms with E-state index in [4.69, 9.17) is 0 Å². The Labute approximate surface area is 138 Å². The van der Waals surface area contributed by atoms with E-state index in [9.17, 15) is 9.90 Å². The van der Waals surface area contributed by atoms with Crippen LogP contribution in [0, 0.1) is 20.8 Å². The van der Waals surface area contributed by atoms with Crippen LogP contribution in [0.3, 0.4) is 0 Å². The highest BCUT2D eigenvalue weighted by atomic mass is 16.4. The lowest BCUT2D eigenvalue weighted by Gasteiger charge is -2.13. The molecule has 0 spiro atoms. The quantitative estimate of drug-likeness (QED) is 0.583. The molecule has 0 radical (unpaired) electrons. The monoisotopic (exact) mass is 320 g/mol. The Kier molecular flexibility index (Phi) is 3.03. The molecule has 0 unspecified atom stereocenters. The van der Waals surface area contributed by atoms with E-state index < -0.39 is 5.97 Å². The van der Waals surface area contributed by atoms with Gasteiger partial charge in [0.2, 0.25) is 0 Å². The van der Waals surface area contributed by atoms with Gasteiger partial charge in [-0.05, 0) is 44.0 Å². The average molecular weight is 320 g/mol. The van der Waals surface area contributed by atoms with Gasteiger partial charge in [0, 0.05) is 23.7 Å². The van der Waals surface area contributed by atoms with Crippen molar-refractivity contribution in [3.63, 3.8) is 0 Å². The lowest BCUT2D eigenvalue weighted by atomic mass is 9.99. The van der Waals surface area contributed by atoms with Crippen molar-refractivity contribution < 1.29 is 9.90 Å². The van der Waals surface area contributed by atoms with Crippen molar-refractivity contribution in [3.05, 3.63) is 58.6 Å². The van der Waals surface area contributed by atoms with Crippen molar-refractivity contribution in [2.75, 3.05) is 0 Å². The minimum atomic E-state index is -1.02. The number of carbonyl (C=O) groups is 1. The fraction of sp³-hybridized carbons (Fsp3) is 0.222. The Morgan fingerprint density at radius 1 is 1.17 bits per heavy atom. The molecule has 3 aromatic rings. The normalized spacial score (nSPS) is 12.1. The third-order valence-corrected chi connectivity index (χ3v) is 4.54. The zero-order chi connectivity index (χ0) is 17.0. The van der Waals surface area contributed by atoms with Crippen LogP contribution in [-0.4, -0.2) is 30.6 Å². The fourth-order valence-electron chi connectivity index (χ4n) is 3.16. The standard InChI is InChI=1S/C18H16N4O2/c1-9-4-13-14(5-10(9)2)22-8-20-17(18(23)24)15(22)6-12-7-19-11(3)21-16(12)13/h4-5,7-8H,6H2,1-3H3,(H,23,24). The molecule has 0 saturated heterocycles. The number of aryl methyl sites for hydroxylation is 3. The second-order valence-electron chi connectivity index (χ2n) is 6.14. The van der Waals surface area contributed by atoms with Crippen LogP contribution in [0.15, 0.2) is 24.7 Å². The first-order valence-corrected chi connectivity index (χ1v) is 7.69. The zero-order valence-electron chi connectivity index (χ0n) is 13.7. The molecule has 0 fully saturated rings. The first kappa shape index (κ1) is 14.6. The van der Waals surface area contributed by atoms with E-state index in [1.807, 2.05) is 18.4 Å². The molecule has 24 heavy (non-hydrogen) atoms. The van der Waals surface area contributed by atoms with Crippen molar-refractivity contribution >= 4 is 5.97 Å². The van der Waals surface area contributed by atoms with E-state index >= 15 is 0 Å². The molecule has 6 nitrogen and oxygen atoms in total. The molecule has 1 aliphatic rings. The molecule has 0 atom stereocenters. The van der Waals surface area contributed by atoms with Gasteiger partial charge in [-0.25, -0.2) is 19.7 Å². The van der Waals surface area contributed by atoms with Crippen molar-refractivity contribution in [2.45, 2.75) is 27.2 Å². The lowest BCUT2D eigenvalue weighted by Crippen LogP contribution is -2.06. The van der Waals surface area contributed by atoms with Gasteiger partial charge in [0.1, 0.15) is 12.2 Å². The molecule has 0 amide bonds. The highest BCUT2D eigenvalue weighted by molar-refractivity contribution is 5.88. The second-order valence-corrected chi connectivity index (χ2v) is 6.14. The van der Waals surface area contributed by atoms with Crippen LogP contribution in [0.4, 0.5) is 0 Å². The summed E-state index contributed by atoms with van der Waals surface area (Å²) in [5, 5.41) is 9.45. The third-order valence-electron chi connectivity index (χ3n) is 4.54. The van der Waals surface area contributed by atoms with Crippen LogP contribution in [0.2, 0.25) is 0 Å². The summed E-state index contributed by atoms with van der Waals surface area (Å²) in [6.07, 6.45) is 3.80. The third kappa shape index (κ3) is 2.03. The predicted molar refractivity (Wildman–Crippen MR) is 88.6 cm³/mol. The Hall–Kier alpha value is -3.02. The molecular formula is C18H16N4O2. The highest BCUT2D eigenvalue weighted by Crippen LogP contribution is 2.36. The van der Waals surface area contributed by atoms with Crippen LogP contribution in [0.25, 0.3) is 16.9 Å². The number of hydrogen-bond donors (Lipinski definition) is 1. The molecule has 6 heteroatoms. The van der Waals surface area contributed by atoms with Gasteiger partial charge in [-0.3, -0.25) is 0 Å². The number of hydrogen-bond acceptors (Lipinski definition) is 4. The maximum atomic E-state index is 11.5. The van der Waals surface area contributed by atoms with E-state index in [0.29, 0.717) is 17.9 Å². The maximum absolute atomic E-state index is 11.5. The van der Waals surface area contributed by atoms with Gasteiger partial charge in [-0.15, -0.1) is 0 Å². The van der Waals surface area contributed by atoms with Gasteiger partial charge in [-0.1, -0.05) is 0 Å². The molecule has 1 aliphatic heterocycles. The van der Waals surface area contributed by atoms with Gasteiger partial charge < -0.3 is 9.67 Å². The fourth-order valence-corrected chi connectivity index (χ4v) is 3.16. The summed E-state index contributed by atoms with van der Waals surface area (Å²) in [4.78, 5) is 24.6. The first-order valence-electron chi connectivity index (χ1n) is 7.69. The summed E-state index contributed by atoms with van der Waals surface area (Å²) >= 11 is 0. The SMILES string of the molecule is Cc1ncc2c(n1)-c1cc(C)c(C)cc1-n1cnc(C(=O)O)c1C2. The largest absolute Gasteiger partial charge is 0.476 e. The van der Waals surface area contributed by atoms with E-state index in [2.05, 4.69) is 34.0 Å². The van der Waals surface area contributed by atoms with Crippen LogP contribution in [-0.2, 0) is 6.42 Å². The summed E-state index contributed by atoms with van der Waals surface area (Å²) in [5.74, 6) is -0.327. The maximum Gasteiger partial charge on any atom is 0.356 e. The molecule has 0 aliphatic carbocycles. The topological polar surface area (TPSA) is 80.9 Å². The molecule has 4 rings (SSSR count). The molecule has 3 heterocycles. The highest BCUT2D eigenvalue weighted by Gasteiger charge is 2.26. The van der Waals surface area contributed by atoms with Gasteiger partial charge in [0.25, 0.3) is 0 Å². The number of carboxylic acids is 1. The van der Waals surface area contributed by atoms with E-state index in [1.54, 1.807) is 12.5 Å². The Balaban J connectivity index is 2.12. The van der Waals surface area contributed by atoms with Crippen LogP contribution >= 0.6 is 0 Å². The van der Waals surface area contributed by atoms with E-state index in [1.165, 1.54) is 0 Å². The lowest BCUT2D eigenvalue weighted by molar-refractivity contribution is 0.0690. The summed E-state index contributed by atoms with van der Waals surface area (Å²) < 4.78 is 1.86. The number of benzene rings is 1. The second kappa shape index (κ2) is 4.99. The summed E-state index contributed by atoms with van der Waals surface area (Å²) in [6, 6.07) is 4.17. The molecular weight excluding hydrogens is 304 g/mol. The zero-order valence-corrected chi connectivity index (χ0v) is 13.7. The summed E-state index contributed by atoms with van der Waals surface area (Å²) in [6.45, 7) is 5.96. The number of aromatic nitrogens is 4. The van der Waals surface area contributed by atoms with Crippen molar-refractivity contribution in [1.29, 1.82) is 0 Å². The van der Waals surface area contributed by atoms with E-state index in [0.717, 1.165) is 33.6 Å². The van der Waals surface area contributed by atoms with Gasteiger partial charge in [0.15, 0.2) is 5.69 Å². The number of carboxylic acid groups (broad SMARTS) is 1. The first-order chi connectivity index (χ1) is 11.5. The smallest absolute Gasteiger partial charge is 0.356 e. The minimum Gasteiger partial charge on any atom is -0.476 e. The number of fused-ring (bicyclic) bond motifs is 5.